The number of likely N-dealkylation sites (tertiary alicyclic amines) is 1. The summed E-state index contributed by atoms with van der Waals surface area (Å²) in [6.07, 6.45) is 2.04. The summed E-state index contributed by atoms with van der Waals surface area (Å²) < 4.78 is 0. The Kier molecular flexibility index (Phi) is 3.64. The van der Waals surface area contributed by atoms with Crippen LogP contribution in [0.15, 0.2) is 24.3 Å². The summed E-state index contributed by atoms with van der Waals surface area (Å²) in [4.78, 5) is 19.3. The molecule has 1 aliphatic rings. The quantitative estimate of drug-likeness (QED) is 0.920. The maximum Gasteiger partial charge on any atom is 0.256 e. The SMILES string of the molecule is Cc1ccc2nc(C)c(C(=O)N3CCC[C@H]3CN)cc2c1. The van der Waals surface area contributed by atoms with Gasteiger partial charge in [0, 0.05) is 24.5 Å². The van der Waals surface area contributed by atoms with Crippen LogP contribution < -0.4 is 5.73 Å². The highest BCUT2D eigenvalue weighted by Crippen LogP contribution is 2.23. The van der Waals surface area contributed by atoms with E-state index in [1.807, 2.05) is 36.9 Å². The molecule has 1 aromatic carbocycles. The second-order valence-electron chi connectivity index (χ2n) is 5.85. The Labute approximate surface area is 125 Å². The van der Waals surface area contributed by atoms with Gasteiger partial charge in [-0.3, -0.25) is 9.78 Å². The third-order valence-corrected chi connectivity index (χ3v) is 4.30. The minimum atomic E-state index is 0.0661. The van der Waals surface area contributed by atoms with Crippen LogP contribution in [0.2, 0.25) is 0 Å². The average molecular weight is 283 g/mol. The van der Waals surface area contributed by atoms with Crippen LogP contribution in [0, 0.1) is 13.8 Å². The van der Waals surface area contributed by atoms with E-state index in [1.165, 1.54) is 5.56 Å². The van der Waals surface area contributed by atoms with E-state index >= 15 is 0 Å². The van der Waals surface area contributed by atoms with E-state index in [-0.39, 0.29) is 11.9 Å². The minimum absolute atomic E-state index is 0.0661. The average Bonchev–Trinajstić information content (AvgIpc) is 2.94. The van der Waals surface area contributed by atoms with Crippen molar-refractivity contribution in [3.63, 3.8) is 0 Å². The molecule has 2 aromatic rings. The van der Waals surface area contributed by atoms with Crippen molar-refractivity contribution in [1.29, 1.82) is 0 Å². The van der Waals surface area contributed by atoms with Gasteiger partial charge in [0.05, 0.1) is 16.8 Å². The fraction of sp³-hybridized carbons (Fsp3) is 0.412. The van der Waals surface area contributed by atoms with Crippen LogP contribution >= 0.6 is 0 Å². The summed E-state index contributed by atoms with van der Waals surface area (Å²) in [6, 6.07) is 8.26. The Morgan fingerprint density at radius 1 is 1.38 bits per heavy atom. The van der Waals surface area contributed by atoms with E-state index in [1.54, 1.807) is 0 Å². The molecular formula is C17H21N3O. The van der Waals surface area contributed by atoms with Gasteiger partial charge in [-0.05, 0) is 44.9 Å². The maximum atomic E-state index is 12.8. The zero-order valence-corrected chi connectivity index (χ0v) is 12.6. The lowest BCUT2D eigenvalue weighted by Crippen LogP contribution is -2.40. The zero-order chi connectivity index (χ0) is 15.0. The van der Waals surface area contributed by atoms with Gasteiger partial charge in [-0.15, -0.1) is 0 Å². The van der Waals surface area contributed by atoms with Gasteiger partial charge in [0.1, 0.15) is 0 Å². The highest BCUT2D eigenvalue weighted by molar-refractivity contribution is 5.99. The fourth-order valence-electron chi connectivity index (χ4n) is 3.11. The van der Waals surface area contributed by atoms with Gasteiger partial charge in [-0.2, -0.15) is 0 Å². The van der Waals surface area contributed by atoms with Crippen molar-refractivity contribution < 1.29 is 4.79 Å². The first-order valence-corrected chi connectivity index (χ1v) is 7.49. The number of pyridine rings is 1. The van der Waals surface area contributed by atoms with Crippen LogP contribution in [0.25, 0.3) is 10.9 Å². The van der Waals surface area contributed by atoms with Crippen LogP contribution in [0.4, 0.5) is 0 Å². The third-order valence-electron chi connectivity index (χ3n) is 4.30. The number of benzene rings is 1. The molecule has 110 valence electrons. The van der Waals surface area contributed by atoms with Crippen LogP contribution in [0.5, 0.6) is 0 Å². The Morgan fingerprint density at radius 3 is 2.95 bits per heavy atom. The molecule has 0 bridgehead atoms. The number of amides is 1. The minimum Gasteiger partial charge on any atom is -0.334 e. The zero-order valence-electron chi connectivity index (χ0n) is 12.6. The van der Waals surface area contributed by atoms with E-state index in [0.717, 1.165) is 36.0 Å². The van der Waals surface area contributed by atoms with E-state index in [9.17, 15) is 4.79 Å². The van der Waals surface area contributed by atoms with Gasteiger partial charge < -0.3 is 10.6 Å². The normalized spacial score (nSPS) is 18.4. The number of hydrogen-bond donors (Lipinski definition) is 1. The number of carbonyl (C=O) groups excluding carboxylic acids is 1. The molecule has 21 heavy (non-hydrogen) atoms. The molecule has 4 heteroatoms. The highest BCUT2D eigenvalue weighted by atomic mass is 16.2. The molecule has 1 saturated heterocycles. The summed E-state index contributed by atoms with van der Waals surface area (Å²) in [5.74, 6) is 0.0661. The number of aryl methyl sites for hydroxylation is 2. The van der Waals surface area contributed by atoms with E-state index in [0.29, 0.717) is 12.1 Å². The largest absolute Gasteiger partial charge is 0.334 e. The van der Waals surface area contributed by atoms with Gasteiger partial charge in [0.25, 0.3) is 5.91 Å². The first-order valence-electron chi connectivity index (χ1n) is 7.49. The number of rotatable bonds is 2. The number of nitrogens with zero attached hydrogens (tertiary/aromatic N) is 2. The summed E-state index contributed by atoms with van der Waals surface area (Å²) in [7, 11) is 0. The Balaban J connectivity index is 2.03. The monoisotopic (exact) mass is 283 g/mol. The molecule has 4 nitrogen and oxygen atoms in total. The molecule has 0 aliphatic carbocycles. The molecule has 0 radical (unpaired) electrons. The topological polar surface area (TPSA) is 59.2 Å². The summed E-state index contributed by atoms with van der Waals surface area (Å²) in [5, 5.41) is 1.02. The summed E-state index contributed by atoms with van der Waals surface area (Å²) in [6.45, 7) is 5.28. The van der Waals surface area contributed by atoms with E-state index in [2.05, 4.69) is 11.1 Å². The first kappa shape index (κ1) is 14.0. The molecule has 1 atom stereocenters. The number of fused-ring (bicyclic) bond motifs is 1. The highest BCUT2D eigenvalue weighted by Gasteiger charge is 2.29. The number of hydrogen-bond acceptors (Lipinski definition) is 3. The predicted octanol–water partition coefficient (Wildman–Crippen LogP) is 2.41. The lowest BCUT2D eigenvalue weighted by Gasteiger charge is -2.24. The van der Waals surface area contributed by atoms with Gasteiger partial charge in [-0.25, -0.2) is 0 Å². The van der Waals surface area contributed by atoms with Crippen molar-refractivity contribution in [2.45, 2.75) is 32.7 Å². The lowest BCUT2D eigenvalue weighted by molar-refractivity contribution is 0.0740. The van der Waals surface area contributed by atoms with Crippen LogP contribution in [0.3, 0.4) is 0 Å². The van der Waals surface area contributed by atoms with E-state index < -0.39 is 0 Å². The Bertz CT molecular complexity index is 696. The van der Waals surface area contributed by atoms with Gasteiger partial charge in [0.2, 0.25) is 0 Å². The smallest absolute Gasteiger partial charge is 0.256 e. The van der Waals surface area contributed by atoms with Gasteiger partial charge in [0.15, 0.2) is 0 Å². The second kappa shape index (κ2) is 5.45. The van der Waals surface area contributed by atoms with Crippen LogP contribution in [-0.4, -0.2) is 34.9 Å². The molecule has 2 N–H and O–H groups in total. The summed E-state index contributed by atoms with van der Waals surface area (Å²) >= 11 is 0. The Morgan fingerprint density at radius 2 is 2.19 bits per heavy atom. The van der Waals surface area contributed by atoms with Gasteiger partial charge in [-0.1, -0.05) is 11.6 Å². The molecule has 3 rings (SSSR count). The van der Waals surface area contributed by atoms with Crippen LogP contribution in [0.1, 0.15) is 34.5 Å². The molecule has 2 heterocycles. The Hall–Kier alpha value is -1.94. The van der Waals surface area contributed by atoms with Crippen molar-refractivity contribution in [3.05, 3.63) is 41.1 Å². The van der Waals surface area contributed by atoms with Crippen LogP contribution in [-0.2, 0) is 0 Å². The molecule has 1 amide bonds. The molecule has 1 aliphatic heterocycles. The number of carbonyl (C=O) groups is 1. The first-order chi connectivity index (χ1) is 10.1. The molecule has 0 spiro atoms. The van der Waals surface area contributed by atoms with Crippen molar-refractivity contribution in [3.8, 4) is 0 Å². The number of aromatic nitrogens is 1. The van der Waals surface area contributed by atoms with Crippen molar-refractivity contribution in [1.82, 2.24) is 9.88 Å². The van der Waals surface area contributed by atoms with Crippen molar-refractivity contribution in [2.24, 2.45) is 5.73 Å². The lowest BCUT2D eigenvalue weighted by atomic mass is 10.1. The van der Waals surface area contributed by atoms with E-state index in [4.69, 9.17) is 5.73 Å². The second-order valence-corrected chi connectivity index (χ2v) is 5.85. The molecule has 0 unspecified atom stereocenters. The standard InChI is InChI=1S/C17H21N3O/c1-11-5-6-16-13(8-11)9-15(12(2)19-16)17(21)20-7-3-4-14(20)10-18/h5-6,8-9,14H,3-4,7,10,18H2,1-2H3/t14-/m0/s1. The number of nitrogens with two attached hydrogens (primary N) is 1. The maximum absolute atomic E-state index is 12.8. The summed E-state index contributed by atoms with van der Waals surface area (Å²) in [5.41, 5.74) is 9.38. The molecule has 0 saturated carbocycles. The predicted molar refractivity (Wildman–Crippen MR) is 84.3 cm³/mol. The van der Waals surface area contributed by atoms with Crippen molar-refractivity contribution in [2.75, 3.05) is 13.1 Å². The van der Waals surface area contributed by atoms with Gasteiger partial charge >= 0.3 is 0 Å². The molecule has 1 aromatic heterocycles. The fourth-order valence-corrected chi connectivity index (χ4v) is 3.11. The van der Waals surface area contributed by atoms with Crippen molar-refractivity contribution >= 4 is 16.8 Å². The molecule has 1 fully saturated rings. The third kappa shape index (κ3) is 2.51. The molecular weight excluding hydrogens is 262 g/mol.